The average Bonchev–Trinajstić information content (AvgIpc) is 2.10. The van der Waals surface area contributed by atoms with E-state index in [9.17, 15) is 0 Å². The molecule has 0 aliphatic carbocycles. The number of nitrogens with two attached hydrogens (primary N) is 2. The fourth-order valence-electron chi connectivity index (χ4n) is 1.12. The summed E-state index contributed by atoms with van der Waals surface area (Å²) in [6, 6.07) is 2.22. The second kappa shape index (κ2) is 8.39. The molecule has 1 atom stereocenters. The van der Waals surface area contributed by atoms with Crippen LogP contribution in [0.2, 0.25) is 0 Å². The van der Waals surface area contributed by atoms with Gasteiger partial charge in [-0.25, -0.2) is 4.98 Å². The van der Waals surface area contributed by atoms with Crippen LogP contribution in [0.5, 0.6) is 0 Å². The molecule has 0 radical (unpaired) electrons. The Morgan fingerprint density at radius 2 is 2.06 bits per heavy atom. The second-order valence-corrected chi connectivity index (χ2v) is 3.59. The van der Waals surface area contributed by atoms with Crippen molar-refractivity contribution in [3.63, 3.8) is 0 Å². The van der Waals surface area contributed by atoms with Crippen LogP contribution in [0.1, 0.15) is 24.5 Å². The summed E-state index contributed by atoms with van der Waals surface area (Å²) in [5.41, 5.74) is 13.3. The molecule has 0 unspecified atom stereocenters. The lowest BCUT2D eigenvalue weighted by Crippen LogP contribution is -2.12. The van der Waals surface area contributed by atoms with Gasteiger partial charge in [-0.15, -0.1) is 24.8 Å². The van der Waals surface area contributed by atoms with Crippen molar-refractivity contribution in [3.8, 4) is 0 Å². The van der Waals surface area contributed by atoms with E-state index in [1.165, 1.54) is 0 Å². The maximum Gasteiger partial charge on any atom is 0.126 e. The largest absolute Gasteiger partial charge is 0.383 e. The van der Waals surface area contributed by atoms with E-state index in [0.29, 0.717) is 5.82 Å². The van der Waals surface area contributed by atoms with Crippen LogP contribution in [-0.2, 0) is 0 Å². The first kappa shape index (κ1) is 17.6. The smallest absolute Gasteiger partial charge is 0.126 e. The number of hydrogen-bond donors (Lipinski definition) is 2. The van der Waals surface area contributed by atoms with E-state index in [2.05, 4.69) is 11.1 Å². The highest BCUT2D eigenvalue weighted by Crippen LogP contribution is 2.10. The minimum Gasteiger partial charge on any atom is -0.383 e. The van der Waals surface area contributed by atoms with Crippen LogP contribution in [0.4, 0.5) is 5.82 Å². The van der Waals surface area contributed by atoms with Gasteiger partial charge in [0, 0.05) is 12.2 Å². The van der Waals surface area contributed by atoms with Gasteiger partial charge in [-0.1, -0.05) is 12.2 Å². The van der Waals surface area contributed by atoms with Crippen molar-refractivity contribution < 1.29 is 0 Å². The van der Waals surface area contributed by atoms with Crippen molar-refractivity contribution in [2.45, 2.75) is 26.3 Å². The van der Waals surface area contributed by atoms with Crippen LogP contribution < -0.4 is 11.5 Å². The van der Waals surface area contributed by atoms with Crippen molar-refractivity contribution in [1.82, 2.24) is 4.98 Å². The molecule has 5 heteroatoms. The van der Waals surface area contributed by atoms with Crippen LogP contribution in [0.3, 0.4) is 0 Å². The summed E-state index contributed by atoms with van der Waals surface area (Å²) in [4.78, 5) is 4.07. The summed E-state index contributed by atoms with van der Waals surface area (Å²) in [6.45, 7) is 3.93. The number of nitrogens with zero attached hydrogens (tertiary/aromatic N) is 1. The van der Waals surface area contributed by atoms with Gasteiger partial charge in [0.15, 0.2) is 0 Å². The summed E-state index contributed by atoms with van der Waals surface area (Å²) in [7, 11) is 0. The standard InChI is InChI=1S/C11H17N3.2ClH/c1-8-6-10(7-14-11(8)13)5-3-4-9(2)12;;/h3,5-7,9H,4,12H2,1-2H3,(H2,13,14);2*1H/b5-3+;;/t9-;;/m0../s1. The van der Waals surface area contributed by atoms with Gasteiger partial charge < -0.3 is 11.5 Å². The van der Waals surface area contributed by atoms with Crippen LogP contribution in [0.25, 0.3) is 6.08 Å². The number of pyridine rings is 1. The molecular weight excluding hydrogens is 245 g/mol. The first-order chi connectivity index (χ1) is 6.59. The van der Waals surface area contributed by atoms with Crippen molar-refractivity contribution >= 4 is 36.7 Å². The molecule has 0 fully saturated rings. The summed E-state index contributed by atoms with van der Waals surface area (Å²) in [6.07, 6.45) is 6.71. The summed E-state index contributed by atoms with van der Waals surface area (Å²) in [5, 5.41) is 0. The number of halogens is 2. The van der Waals surface area contributed by atoms with Gasteiger partial charge in [-0.05, 0) is 37.5 Å². The molecule has 16 heavy (non-hydrogen) atoms. The average molecular weight is 264 g/mol. The zero-order chi connectivity index (χ0) is 10.6. The fourth-order valence-corrected chi connectivity index (χ4v) is 1.12. The number of rotatable bonds is 3. The predicted octanol–water partition coefficient (Wildman–Crippen LogP) is 2.57. The van der Waals surface area contributed by atoms with Gasteiger partial charge >= 0.3 is 0 Å². The Bertz CT molecular complexity index is 338. The molecule has 0 amide bonds. The molecule has 0 aliphatic rings. The summed E-state index contributed by atoms with van der Waals surface area (Å²) >= 11 is 0. The van der Waals surface area contributed by atoms with E-state index < -0.39 is 0 Å². The maximum atomic E-state index is 5.62. The molecule has 4 N–H and O–H groups in total. The highest BCUT2D eigenvalue weighted by molar-refractivity contribution is 5.85. The third-order valence-corrected chi connectivity index (χ3v) is 1.96. The monoisotopic (exact) mass is 263 g/mol. The first-order valence-electron chi connectivity index (χ1n) is 4.74. The quantitative estimate of drug-likeness (QED) is 0.881. The van der Waals surface area contributed by atoms with Gasteiger partial charge in [-0.3, -0.25) is 0 Å². The molecular formula is C11H19Cl2N3. The van der Waals surface area contributed by atoms with E-state index in [4.69, 9.17) is 11.5 Å². The maximum absolute atomic E-state index is 5.62. The van der Waals surface area contributed by atoms with Gasteiger partial charge in [-0.2, -0.15) is 0 Å². The molecule has 1 heterocycles. The van der Waals surface area contributed by atoms with Crippen LogP contribution in [-0.4, -0.2) is 11.0 Å². The van der Waals surface area contributed by atoms with E-state index in [0.717, 1.165) is 17.5 Å². The lowest BCUT2D eigenvalue weighted by molar-refractivity contribution is 0.759. The Hall–Kier alpha value is -0.770. The Balaban J connectivity index is 0. The fraction of sp³-hybridized carbons (Fsp3) is 0.364. The highest BCUT2D eigenvalue weighted by atomic mass is 35.5. The van der Waals surface area contributed by atoms with E-state index in [1.54, 1.807) is 6.20 Å². The van der Waals surface area contributed by atoms with E-state index in [1.807, 2.05) is 26.0 Å². The molecule has 0 saturated heterocycles. The lowest BCUT2D eigenvalue weighted by Gasteiger charge is -2.00. The normalized spacial score (nSPS) is 11.7. The molecule has 0 spiro atoms. The van der Waals surface area contributed by atoms with Crippen molar-refractivity contribution in [2.24, 2.45) is 5.73 Å². The highest BCUT2D eigenvalue weighted by Gasteiger charge is 1.94. The number of aryl methyl sites for hydroxylation is 1. The molecule has 0 saturated carbocycles. The minimum atomic E-state index is 0. The molecule has 1 aromatic heterocycles. The molecule has 3 nitrogen and oxygen atoms in total. The number of hydrogen-bond acceptors (Lipinski definition) is 3. The van der Waals surface area contributed by atoms with Gasteiger partial charge in [0.1, 0.15) is 5.82 Å². The molecule has 92 valence electrons. The number of aromatic nitrogens is 1. The van der Waals surface area contributed by atoms with E-state index >= 15 is 0 Å². The zero-order valence-corrected chi connectivity index (χ0v) is 11.1. The minimum absolute atomic E-state index is 0. The predicted molar refractivity (Wildman–Crippen MR) is 75.2 cm³/mol. The lowest BCUT2D eigenvalue weighted by atomic mass is 10.1. The molecule has 0 aliphatic heterocycles. The first-order valence-corrected chi connectivity index (χ1v) is 4.74. The third-order valence-electron chi connectivity index (χ3n) is 1.96. The van der Waals surface area contributed by atoms with Gasteiger partial charge in [0.25, 0.3) is 0 Å². The van der Waals surface area contributed by atoms with Crippen molar-refractivity contribution in [1.29, 1.82) is 0 Å². The summed E-state index contributed by atoms with van der Waals surface area (Å²) in [5.74, 6) is 0.592. The number of nitrogen functional groups attached to an aromatic ring is 1. The van der Waals surface area contributed by atoms with Gasteiger partial charge in [0.2, 0.25) is 0 Å². The zero-order valence-electron chi connectivity index (χ0n) is 9.51. The van der Waals surface area contributed by atoms with Crippen molar-refractivity contribution in [3.05, 3.63) is 29.5 Å². The molecule has 0 aromatic carbocycles. The van der Waals surface area contributed by atoms with Crippen molar-refractivity contribution in [2.75, 3.05) is 5.73 Å². The van der Waals surface area contributed by atoms with Crippen LogP contribution in [0, 0.1) is 6.92 Å². The van der Waals surface area contributed by atoms with E-state index in [-0.39, 0.29) is 30.9 Å². The Labute approximate surface area is 109 Å². The van der Waals surface area contributed by atoms with Crippen LogP contribution >= 0.6 is 24.8 Å². The molecule has 1 aromatic rings. The molecule has 1 rings (SSSR count). The van der Waals surface area contributed by atoms with Gasteiger partial charge in [0.05, 0.1) is 0 Å². The third kappa shape index (κ3) is 5.95. The Morgan fingerprint density at radius 3 is 2.56 bits per heavy atom. The number of anilines is 1. The molecule has 0 bridgehead atoms. The Kier molecular flexibility index (Phi) is 9.24. The summed E-state index contributed by atoms with van der Waals surface area (Å²) < 4.78 is 0. The van der Waals surface area contributed by atoms with Crippen LogP contribution in [0.15, 0.2) is 18.3 Å². The second-order valence-electron chi connectivity index (χ2n) is 3.59. The Morgan fingerprint density at radius 1 is 1.44 bits per heavy atom. The SMILES string of the molecule is Cc1cc(/C=C/C[C@H](C)N)cnc1N.Cl.Cl. The topological polar surface area (TPSA) is 64.9 Å².